The molecule has 3 aromatic carbocycles. The van der Waals surface area contributed by atoms with Gasteiger partial charge < -0.3 is 24.5 Å². The second kappa shape index (κ2) is 12.3. The van der Waals surface area contributed by atoms with Gasteiger partial charge in [-0.05, 0) is 79.9 Å². The second-order valence-corrected chi connectivity index (χ2v) is 11.7. The number of rotatable bonds is 6. The lowest BCUT2D eigenvalue weighted by molar-refractivity contribution is -0.126. The Bertz CT molecular complexity index is 1700. The highest BCUT2D eigenvalue weighted by atomic mass is 35.5. The van der Waals surface area contributed by atoms with E-state index in [-0.39, 0.29) is 39.8 Å². The standard InChI is InChI=1S/C33H35ClFN5O3/c1-3-28(42)39-13-6-7-14-40(16-15-39)32-26-19-27(34)29(25-18-23(41)17-21-9-4-5-11-24(21)25)30(35)31(26)36-33(37-32)43-20-22-10-8-12-38(22)2/h3-5,9,11,17-19,22,41H,1,6-8,10,12-16,20H2,2H3/t22-/m0/s1. The van der Waals surface area contributed by atoms with E-state index in [1.165, 1.54) is 12.1 Å². The minimum Gasteiger partial charge on any atom is -0.508 e. The van der Waals surface area contributed by atoms with Crippen molar-refractivity contribution in [2.45, 2.75) is 31.7 Å². The van der Waals surface area contributed by atoms with E-state index in [2.05, 4.69) is 28.4 Å². The first-order valence-corrected chi connectivity index (χ1v) is 15.1. The number of anilines is 1. The van der Waals surface area contributed by atoms with E-state index in [0.717, 1.165) is 43.0 Å². The lowest BCUT2D eigenvalue weighted by Gasteiger charge is -2.32. The van der Waals surface area contributed by atoms with Crippen LogP contribution in [0.2, 0.25) is 5.02 Å². The summed E-state index contributed by atoms with van der Waals surface area (Å²) in [5.41, 5.74) is 0.718. The number of carbonyl (C=O) groups excluding carboxylic acids is 1. The number of aromatic hydroxyl groups is 1. The monoisotopic (exact) mass is 603 g/mol. The zero-order valence-corrected chi connectivity index (χ0v) is 25.0. The molecule has 8 nitrogen and oxygen atoms in total. The Balaban J connectivity index is 1.48. The summed E-state index contributed by atoms with van der Waals surface area (Å²) < 4.78 is 22.9. The molecule has 43 heavy (non-hydrogen) atoms. The summed E-state index contributed by atoms with van der Waals surface area (Å²) in [6, 6.07) is 12.6. The molecule has 0 radical (unpaired) electrons. The smallest absolute Gasteiger partial charge is 0.319 e. The maximum atomic E-state index is 16.8. The lowest BCUT2D eigenvalue weighted by atomic mass is 9.96. The number of phenols is 1. The summed E-state index contributed by atoms with van der Waals surface area (Å²) >= 11 is 6.86. The second-order valence-electron chi connectivity index (χ2n) is 11.3. The van der Waals surface area contributed by atoms with Gasteiger partial charge in [-0.1, -0.05) is 42.4 Å². The minimum atomic E-state index is -0.611. The van der Waals surface area contributed by atoms with Crippen LogP contribution in [0.25, 0.3) is 32.8 Å². The molecular weight excluding hydrogens is 569 g/mol. The molecule has 224 valence electrons. The summed E-state index contributed by atoms with van der Waals surface area (Å²) in [7, 11) is 2.07. The molecule has 10 heteroatoms. The van der Waals surface area contributed by atoms with Crippen LogP contribution >= 0.6 is 11.6 Å². The van der Waals surface area contributed by atoms with Crippen molar-refractivity contribution < 1.29 is 19.0 Å². The van der Waals surface area contributed by atoms with Gasteiger partial charge in [0.1, 0.15) is 23.7 Å². The molecule has 1 N–H and O–H groups in total. The van der Waals surface area contributed by atoms with Crippen LogP contribution in [0.1, 0.15) is 25.7 Å². The number of likely N-dealkylation sites (tertiary alicyclic amines) is 1. The third kappa shape index (κ3) is 5.84. The number of ether oxygens (including phenoxy) is 1. The molecule has 2 aliphatic heterocycles. The summed E-state index contributed by atoms with van der Waals surface area (Å²) in [6.07, 6.45) is 5.07. The van der Waals surface area contributed by atoms with Crippen LogP contribution in [0.3, 0.4) is 0 Å². The average molecular weight is 604 g/mol. The molecule has 2 saturated heterocycles. The summed E-state index contributed by atoms with van der Waals surface area (Å²) in [5, 5.41) is 12.7. The minimum absolute atomic E-state index is 0.0107. The molecule has 2 aliphatic rings. The van der Waals surface area contributed by atoms with Crippen molar-refractivity contribution in [1.82, 2.24) is 19.8 Å². The molecule has 1 amide bonds. The zero-order chi connectivity index (χ0) is 30.1. The predicted octanol–water partition coefficient (Wildman–Crippen LogP) is 6.04. The van der Waals surface area contributed by atoms with Gasteiger partial charge in [-0.25, -0.2) is 4.39 Å². The lowest BCUT2D eigenvalue weighted by Crippen LogP contribution is -2.41. The molecule has 3 heterocycles. The Morgan fingerprint density at radius 3 is 2.70 bits per heavy atom. The van der Waals surface area contributed by atoms with Gasteiger partial charge >= 0.3 is 6.01 Å². The van der Waals surface area contributed by atoms with Crippen LogP contribution in [0.4, 0.5) is 10.2 Å². The van der Waals surface area contributed by atoms with Crippen LogP contribution in [0, 0.1) is 5.82 Å². The van der Waals surface area contributed by atoms with Crippen molar-refractivity contribution in [3.05, 3.63) is 66.0 Å². The summed E-state index contributed by atoms with van der Waals surface area (Å²) in [5.74, 6) is -0.200. The average Bonchev–Trinajstić information content (AvgIpc) is 3.40. The summed E-state index contributed by atoms with van der Waals surface area (Å²) in [4.78, 5) is 27.9. The molecule has 0 bridgehead atoms. The Morgan fingerprint density at radius 1 is 1.09 bits per heavy atom. The van der Waals surface area contributed by atoms with Crippen LogP contribution in [-0.4, -0.2) is 83.2 Å². The largest absolute Gasteiger partial charge is 0.508 e. The molecule has 1 aromatic heterocycles. The van der Waals surface area contributed by atoms with E-state index < -0.39 is 5.82 Å². The Kier molecular flexibility index (Phi) is 8.36. The van der Waals surface area contributed by atoms with E-state index in [1.807, 2.05) is 24.3 Å². The van der Waals surface area contributed by atoms with Crippen LogP contribution in [0.5, 0.6) is 11.8 Å². The Labute approximate surface area is 255 Å². The highest BCUT2D eigenvalue weighted by molar-refractivity contribution is 6.35. The van der Waals surface area contributed by atoms with Crippen molar-refractivity contribution >= 4 is 45.0 Å². The van der Waals surface area contributed by atoms with Crippen molar-refractivity contribution in [1.29, 1.82) is 0 Å². The zero-order valence-electron chi connectivity index (χ0n) is 24.2. The van der Waals surface area contributed by atoms with Crippen LogP contribution in [-0.2, 0) is 4.79 Å². The highest BCUT2D eigenvalue weighted by Gasteiger charge is 2.27. The van der Waals surface area contributed by atoms with E-state index in [4.69, 9.17) is 21.3 Å². The normalized spacial score (nSPS) is 18.2. The Hall–Kier alpha value is -3.95. The number of phenolic OH excluding ortho intramolecular Hbond substituents is 1. The topological polar surface area (TPSA) is 82.0 Å². The van der Waals surface area contributed by atoms with Gasteiger partial charge in [-0.2, -0.15) is 9.97 Å². The van der Waals surface area contributed by atoms with Gasteiger partial charge in [0.05, 0.1) is 5.02 Å². The number of hydrogen-bond donors (Lipinski definition) is 1. The number of nitrogens with zero attached hydrogens (tertiary/aromatic N) is 5. The SMILES string of the molecule is C=CC(=O)N1CCCCN(c2nc(OC[C@@H]3CCCN3C)nc3c(F)c(-c4cc(O)cc5ccccc45)c(Cl)cc23)CC1. The Morgan fingerprint density at radius 2 is 1.91 bits per heavy atom. The van der Waals surface area contributed by atoms with E-state index in [1.54, 1.807) is 17.0 Å². The maximum Gasteiger partial charge on any atom is 0.319 e. The first-order chi connectivity index (χ1) is 20.8. The number of fused-ring (bicyclic) bond motifs is 2. The van der Waals surface area contributed by atoms with Gasteiger partial charge in [-0.3, -0.25) is 4.79 Å². The van der Waals surface area contributed by atoms with Gasteiger partial charge in [-0.15, -0.1) is 0 Å². The van der Waals surface area contributed by atoms with Crippen molar-refractivity contribution in [2.75, 3.05) is 51.3 Å². The maximum absolute atomic E-state index is 16.8. The fourth-order valence-electron chi connectivity index (χ4n) is 6.21. The number of benzene rings is 3. The number of likely N-dealkylation sites (N-methyl/N-ethyl adjacent to an activating group) is 1. The van der Waals surface area contributed by atoms with Crippen molar-refractivity contribution in [3.63, 3.8) is 0 Å². The molecule has 6 rings (SSSR count). The predicted molar refractivity (Wildman–Crippen MR) is 168 cm³/mol. The molecular formula is C33H35ClFN5O3. The van der Waals surface area contributed by atoms with E-state index in [9.17, 15) is 9.90 Å². The third-order valence-electron chi connectivity index (χ3n) is 8.57. The number of hydrogen-bond acceptors (Lipinski definition) is 7. The number of carbonyl (C=O) groups is 1. The van der Waals surface area contributed by atoms with Gasteiger partial charge in [0.25, 0.3) is 0 Å². The fraction of sp³-hybridized carbons (Fsp3) is 0.364. The van der Waals surface area contributed by atoms with Gasteiger partial charge in [0.15, 0.2) is 5.82 Å². The van der Waals surface area contributed by atoms with Crippen LogP contribution < -0.4 is 9.64 Å². The van der Waals surface area contributed by atoms with Gasteiger partial charge in [0, 0.05) is 43.2 Å². The van der Waals surface area contributed by atoms with E-state index >= 15 is 4.39 Å². The molecule has 0 unspecified atom stereocenters. The quantitative estimate of drug-likeness (QED) is 0.269. The van der Waals surface area contributed by atoms with E-state index in [0.29, 0.717) is 49.6 Å². The van der Waals surface area contributed by atoms with Crippen molar-refractivity contribution in [3.8, 4) is 22.9 Å². The molecule has 0 spiro atoms. The molecule has 2 fully saturated rings. The third-order valence-corrected chi connectivity index (χ3v) is 8.86. The molecule has 4 aromatic rings. The number of halogens is 2. The van der Waals surface area contributed by atoms with Gasteiger partial charge in [0.2, 0.25) is 5.91 Å². The molecule has 0 saturated carbocycles. The molecule has 1 atom stereocenters. The molecule has 0 aliphatic carbocycles. The first-order valence-electron chi connectivity index (χ1n) is 14.7. The number of amides is 1. The first kappa shape index (κ1) is 29.1. The van der Waals surface area contributed by atoms with Crippen molar-refractivity contribution in [2.24, 2.45) is 0 Å². The summed E-state index contributed by atoms with van der Waals surface area (Å²) in [6.45, 7) is 7.33. The fourth-order valence-corrected chi connectivity index (χ4v) is 6.50. The van der Waals surface area contributed by atoms with Crippen LogP contribution in [0.15, 0.2) is 55.1 Å². The highest BCUT2D eigenvalue weighted by Crippen LogP contribution is 2.42. The number of aromatic nitrogens is 2.